The molecule has 0 amide bonds. The number of methoxy groups -OCH3 is 2. The Morgan fingerprint density at radius 3 is 2.50 bits per heavy atom. The van der Waals surface area contributed by atoms with E-state index >= 15 is 0 Å². The highest BCUT2D eigenvalue weighted by Crippen LogP contribution is 2.37. The molecule has 1 aromatic carbocycles. The van der Waals surface area contributed by atoms with E-state index in [0.717, 1.165) is 29.0 Å². The van der Waals surface area contributed by atoms with Gasteiger partial charge in [0.1, 0.15) is 0 Å². The third kappa shape index (κ3) is 1.80. The van der Waals surface area contributed by atoms with Crippen molar-refractivity contribution in [2.24, 2.45) is 0 Å². The van der Waals surface area contributed by atoms with Crippen molar-refractivity contribution >= 4 is 0 Å². The van der Waals surface area contributed by atoms with Crippen LogP contribution in [0.25, 0.3) is 11.3 Å². The van der Waals surface area contributed by atoms with E-state index in [-0.39, 0.29) is 5.56 Å². The Morgan fingerprint density at radius 2 is 1.80 bits per heavy atom. The SMILES string of the molecule is COc1cc2c(cc1OC)-c1ccc(C)c(=O)n1CC2. The monoisotopic (exact) mass is 271 g/mol. The van der Waals surface area contributed by atoms with Crippen LogP contribution in [0.3, 0.4) is 0 Å². The molecule has 0 saturated carbocycles. The van der Waals surface area contributed by atoms with Crippen LogP contribution in [0.2, 0.25) is 0 Å². The van der Waals surface area contributed by atoms with Crippen LogP contribution in [0.15, 0.2) is 29.1 Å². The van der Waals surface area contributed by atoms with Crippen molar-refractivity contribution in [3.63, 3.8) is 0 Å². The molecular weight excluding hydrogens is 254 g/mol. The Bertz CT molecular complexity index is 731. The average molecular weight is 271 g/mol. The number of rotatable bonds is 2. The lowest BCUT2D eigenvalue weighted by Crippen LogP contribution is -2.27. The Morgan fingerprint density at radius 1 is 1.10 bits per heavy atom. The maximum atomic E-state index is 12.2. The second-order valence-corrected chi connectivity index (χ2v) is 4.97. The summed E-state index contributed by atoms with van der Waals surface area (Å²) in [5, 5.41) is 0. The van der Waals surface area contributed by atoms with E-state index in [0.29, 0.717) is 12.3 Å². The normalized spacial score (nSPS) is 12.6. The molecule has 0 aliphatic carbocycles. The molecule has 0 saturated heterocycles. The smallest absolute Gasteiger partial charge is 0.253 e. The summed E-state index contributed by atoms with van der Waals surface area (Å²) in [4.78, 5) is 12.2. The van der Waals surface area contributed by atoms with Gasteiger partial charge in [0.15, 0.2) is 11.5 Å². The first kappa shape index (κ1) is 12.8. The third-order valence-corrected chi connectivity index (χ3v) is 3.85. The number of benzene rings is 1. The van der Waals surface area contributed by atoms with Crippen LogP contribution in [0.1, 0.15) is 11.1 Å². The lowest BCUT2D eigenvalue weighted by atomic mass is 9.96. The van der Waals surface area contributed by atoms with Crippen LogP contribution in [-0.4, -0.2) is 18.8 Å². The predicted octanol–water partition coefficient (Wildman–Crippen LogP) is 2.40. The molecule has 4 nitrogen and oxygen atoms in total. The molecule has 2 aromatic rings. The van der Waals surface area contributed by atoms with Crippen molar-refractivity contribution in [2.75, 3.05) is 14.2 Å². The second-order valence-electron chi connectivity index (χ2n) is 4.97. The van der Waals surface area contributed by atoms with Gasteiger partial charge in [-0.2, -0.15) is 0 Å². The van der Waals surface area contributed by atoms with E-state index in [1.165, 1.54) is 5.56 Å². The maximum absolute atomic E-state index is 12.2. The van der Waals surface area contributed by atoms with Gasteiger partial charge in [0, 0.05) is 17.7 Å². The van der Waals surface area contributed by atoms with E-state index in [2.05, 4.69) is 0 Å². The van der Waals surface area contributed by atoms with Gasteiger partial charge in [0.25, 0.3) is 5.56 Å². The largest absolute Gasteiger partial charge is 0.493 e. The van der Waals surface area contributed by atoms with Gasteiger partial charge >= 0.3 is 0 Å². The van der Waals surface area contributed by atoms with Crippen LogP contribution in [-0.2, 0) is 13.0 Å². The van der Waals surface area contributed by atoms with Crippen molar-refractivity contribution in [2.45, 2.75) is 19.9 Å². The zero-order chi connectivity index (χ0) is 14.3. The van der Waals surface area contributed by atoms with Crippen molar-refractivity contribution in [1.82, 2.24) is 4.57 Å². The van der Waals surface area contributed by atoms with Crippen molar-refractivity contribution in [3.8, 4) is 22.8 Å². The molecule has 1 aliphatic rings. The summed E-state index contributed by atoms with van der Waals surface area (Å²) in [6.45, 7) is 2.55. The first-order valence-corrected chi connectivity index (χ1v) is 6.61. The van der Waals surface area contributed by atoms with Crippen LogP contribution >= 0.6 is 0 Å². The van der Waals surface area contributed by atoms with Crippen molar-refractivity contribution in [1.29, 1.82) is 0 Å². The van der Waals surface area contributed by atoms with Crippen LogP contribution in [0.4, 0.5) is 0 Å². The summed E-state index contributed by atoms with van der Waals surface area (Å²) < 4.78 is 12.5. The number of aromatic nitrogens is 1. The quantitative estimate of drug-likeness (QED) is 0.842. The Labute approximate surface area is 117 Å². The second kappa shape index (κ2) is 4.71. The molecule has 0 N–H and O–H groups in total. The lowest BCUT2D eigenvalue weighted by Gasteiger charge is -2.23. The van der Waals surface area contributed by atoms with Crippen LogP contribution in [0.5, 0.6) is 11.5 Å². The van der Waals surface area contributed by atoms with Crippen molar-refractivity contribution < 1.29 is 9.47 Å². The summed E-state index contributed by atoms with van der Waals surface area (Å²) in [5.41, 5.74) is 4.04. The van der Waals surface area contributed by atoms with Gasteiger partial charge in [-0.1, -0.05) is 6.07 Å². The molecule has 0 bridgehead atoms. The Hall–Kier alpha value is -2.23. The fourth-order valence-corrected chi connectivity index (χ4v) is 2.74. The summed E-state index contributed by atoms with van der Waals surface area (Å²) in [5.74, 6) is 1.42. The van der Waals surface area contributed by atoms with Gasteiger partial charge in [0.2, 0.25) is 0 Å². The number of aryl methyl sites for hydroxylation is 2. The van der Waals surface area contributed by atoms with Gasteiger partial charge in [-0.3, -0.25) is 4.79 Å². The van der Waals surface area contributed by atoms with Crippen LogP contribution in [0, 0.1) is 6.92 Å². The first-order valence-electron chi connectivity index (χ1n) is 6.61. The predicted molar refractivity (Wildman–Crippen MR) is 77.7 cm³/mol. The fraction of sp³-hybridized carbons (Fsp3) is 0.312. The molecule has 1 aliphatic heterocycles. The molecule has 3 rings (SSSR count). The maximum Gasteiger partial charge on any atom is 0.253 e. The molecule has 0 radical (unpaired) electrons. The topological polar surface area (TPSA) is 40.5 Å². The summed E-state index contributed by atoms with van der Waals surface area (Å²) in [7, 11) is 3.25. The zero-order valence-corrected chi connectivity index (χ0v) is 11.9. The number of nitrogens with zero attached hydrogens (tertiary/aromatic N) is 1. The molecule has 104 valence electrons. The average Bonchev–Trinajstić information content (AvgIpc) is 2.49. The van der Waals surface area contributed by atoms with Crippen LogP contribution < -0.4 is 15.0 Å². The molecule has 0 fully saturated rings. The number of ether oxygens (including phenoxy) is 2. The Kier molecular flexibility index (Phi) is 3.01. The minimum Gasteiger partial charge on any atom is -0.493 e. The van der Waals surface area contributed by atoms with E-state index in [1.807, 2.05) is 35.8 Å². The molecular formula is C16H17NO3. The molecule has 20 heavy (non-hydrogen) atoms. The number of pyridine rings is 1. The van der Waals surface area contributed by atoms with Gasteiger partial charge in [0.05, 0.1) is 19.9 Å². The minimum atomic E-state index is 0.0861. The number of hydrogen-bond acceptors (Lipinski definition) is 3. The standard InChI is InChI=1S/C16H17NO3/c1-10-4-5-13-12-9-15(20-3)14(19-2)8-11(12)6-7-17(13)16(10)18/h4-5,8-9H,6-7H2,1-3H3. The first-order chi connectivity index (χ1) is 9.65. The highest BCUT2D eigenvalue weighted by molar-refractivity contribution is 5.70. The van der Waals surface area contributed by atoms with E-state index in [1.54, 1.807) is 14.2 Å². The highest BCUT2D eigenvalue weighted by Gasteiger charge is 2.20. The zero-order valence-electron chi connectivity index (χ0n) is 11.9. The van der Waals surface area contributed by atoms with Crippen molar-refractivity contribution in [3.05, 3.63) is 45.7 Å². The molecule has 4 heteroatoms. The number of fused-ring (bicyclic) bond motifs is 3. The Balaban J connectivity index is 2.26. The lowest BCUT2D eigenvalue weighted by molar-refractivity contribution is 0.354. The van der Waals surface area contributed by atoms with E-state index < -0.39 is 0 Å². The van der Waals surface area contributed by atoms with Gasteiger partial charge in [-0.25, -0.2) is 0 Å². The molecule has 0 spiro atoms. The summed E-state index contributed by atoms with van der Waals surface area (Å²) in [6.07, 6.45) is 0.825. The molecule has 2 heterocycles. The van der Waals surface area contributed by atoms with Gasteiger partial charge in [-0.15, -0.1) is 0 Å². The van der Waals surface area contributed by atoms with E-state index in [4.69, 9.17) is 9.47 Å². The highest BCUT2D eigenvalue weighted by atomic mass is 16.5. The minimum absolute atomic E-state index is 0.0861. The molecule has 0 unspecified atom stereocenters. The summed E-state index contributed by atoms with van der Waals surface area (Å²) in [6, 6.07) is 7.83. The third-order valence-electron chi connectivity index (χ3n) is 3.85. The molecule has 1 aromatic heterocycles. The van der Waals surface area contributed by atoms with Gasteiger partial charge in [-0.05, 0) is 37.1 Å². The summed E-state index contributed by atoms with van der Waals surface area (Å²) >= 11 is 0. The van der Waals surface area contributed by atoms with Gasteiger partial charge < -0.3 is 14.0 Å². The molecule has 0 atom stereocenters. The van der Waals surface area contributed by atoms with E-state index in [9.17, 15) is 4.79 Å². The fourth-order valence-electron chi connectivity index (χ4n) is 2.74. The number of hydrogen-bond donors (Lipinski definition) is 0.